The highest BCUT2D eigenvalue weighted by Gasteiger charge is 2.27. The molecule has 0 saturated heterocycles. The maximum Gasteiger partial charge on any atom is 0.337 e. The number of benzene rings is 1. The van der Waals surface area contributed by atoms with Crippen LogP contribution in [-0.4, -0.2) is 35.4 Å². The van der Waals surface area contributed by atoms with E-state index in [4.69, 9.17) is 15.9 Å². The predicted molar refractivity (Wildman–Crippen MR) is 69.8 cm³/mol. The number of aliphatic hydroxyl groups excluding tert-OH is 1. The summed E-state index contributed by atoms with van der Waals surface area (Å²) in [6, 6.07) is 2.44. The number of carboxylic acid groups (broad SMARTS) is 1. The quantitative estimate of drug-likeness (QED) is 0.704. The van der Waals surface area contributed by atoms with E-state index in [9.17, 15) is 9.18 Å². The average molecular weight is 268 g/mol. The minimum Gasteiger partial charge on any atom is -0.478 e. The Morgan fingerprint density at radius 3 is 2.63 bits per heavy atom. The zero-order valence-electron chi connectivity index (χ0n) is 10.5. The SMILES string of the molecule is Nc1cc(F)c(N(CCO)C2CCC2)cc1C(=O)O. The Morgan fingerprint density at radius 2 is 2.16 bits per heavy atom. The lowest BCUT2D eigenvalue weighted by Crippen LogP contribution is -2.42. The highest BCUT2D eigenvalue weighted by atomic mass is 19.1. The minimum atomic E-state index is -1.18. The Hall–Kier alpha value is -1.82. The molecule has 19 heavy (non-hydrogen) atoms. The molecule has 4 N–H and O–H groups in total. The number of nitrogens with two attached hydrogens (primary N) is 1. The third-order valence-electron chi connectivity index (χ3n) is 3.52. The molecule has 1 aliphatic carbocycles. The summed E-state index contributed by atoms with van der Waals surface area (Å²) in [7, 11) is 0. The fourth-order valence-corrected chi connectivity index (χ4v) is 2.29. The van der Waals surface area contributed by atoms with Crippen molar-refractivity contribution in [3.63, 3.8) is 0 Å². The summed E-state index contributed by atoms with van der Waals surface area (Å²) in [6.45, 7) is 0.174. The lowest BCUT2D eigenvalue weighted by atomic mass is 9.90. The first kappa shape index (κ1) is 13.6. The van der Waals surface area contributed by atoms with Gasteiger partial charge in [0.15, 0.2) is 0 Å². The van der Waals surface area contributed by atoms with Crippen LogP contribution in [-0.2, 0) is 0 Å². The molecule has 104 valence electrons. The van der Waals surface area contributed by atoms with Crippen molar-refractivity contribution in [1.29, 1.82) is 0 Å². The fourth-order valence-electron chi connectivity index (χ4n) is 2.29. The van der Waals surface area contributed by atoms with Crippen molar-refractivity contribution in [1.82, 2.24) is 0 Å². The largest absolute Gasteiger partial charge is 0.478 e. The van der Waals surface area contributed by atoms with Gasteiger partial charge in [-0.1, -0.05) is 0 Å². The molecule has 2 rings (SSSR count). The number of hydrogen-bond acceptors (Lipinski definition) is 4. The van der Waals surface area contributed by atoms with E-state index in [2.05, 4.69) is 0 Å². The van der Waals surface area contributed by atoms with E-state index in [1.165, 1.54) is 6.07 Å². The van der Waals surface area contributed by atoms with Crippen molar-refractivity contribution in [2.45, 2.75) is 25.3 Å². The predicted octanol–water partition coefficient (Wildman–Crippen LogP) is 1.46. The van der Waals surface area contributed by atoms with Crippen LogP contribution in [0.25, 0.3) is 0 Å². The highest BCUT2D eigenvalue weighted by molar-refractivity contribution is 5.95. The highest BCUT2D eigenvalue weighted by Crippen LogP contribution is 2.33. The third kappa shape index (κ3) is 2.63. The molecule has 0 spiro atoms. The Labute approximate surface area is 110 Å². The second-order valence-electron chi connectivity index (χ2n) is 4.70. The van der Waals surface area contributed by atoms with Crippen molar-refractivity contribution >= 4 is 17.3 Å². The van der Waals surface area contributed by atoms with E-state index in [0.717, 1.165) is 25.3 Å². The van der Waals surface area contributed by atoms with Gasteiger partial charge in [0, 0.05) is 18.3 Å². The van der Waals surface area contributed by atoms with Crippen molar-refractivity contribution in [2.24, 2.45) is 0 Å². The van der Waals surface area contributed by atoms with Crippen LogP contribution in [0.2, 0.25) is 0 Å². The molecule has 0 amide bonds. The molecule has 0 aliphatic heterocycles. The number of aliphatic hydroxyl groups is 1. The van der Waals surface area contributed by atoms with Crippen molar-refractivity contribution in [3.8, 4) is 0 Å². The number of aromatic carboxylic acids is 1. The standard InChI is InChI=1S/C13H17FN2O3/c14-10-7-11(15)9(13(18)19)6-12(10)16(4-5-17)8-2-1-3-8/h6-8,17H,1-5,15H2,(H,18,19). The summed E-state index contributed by atoms with van der Waals surface area (Å²) in [4.78, 5) is 12.8. The monoisotopic (exact) mass is 268 g/mol. The van der Waals surface area contributed by atoms with Gasteiger partial charge in [-0.3, -0.25) is 0 Å². The molecule has 1 saturated carbocycles. The van der Waals surface area contributed by atoms with Gasteiger partial charge in [-0.2, -0.15) is 0 Å². The smallest absolute Gasteiger partial charge is 0.337 e. The molecule has 0 bridgehead atoms. The second-order valence-corrected chi connectivity index (χ2v) is 4.70. The topological polar surface area (TPSA) is 86.8 Å². The number of carbonyl (C=O) groups is 1. The van der Waals surface area contributed by atoms with Crippen LogP contribution in [0.5, 0.6) is 0 Å². The van der Waals surface area contributed by atoms with E-state index in [0.29, 0.717) is 0 Å². The molecule has 6 heteroatoms. The van der Waals surface area contributed by atoms with Gasteiger partial charge < -0.3 is 20.8 Å². The molecule has 1 aliphatic rings. The van der Waals surface area contributed by atoms with Crippen LogP contribution in [0, 0.1) is 5.82 Å². The van der Waals surface area contributed by atoms with Crippen LogP contribution < -0.4 is 10.6 Å². The van der Waals surface area contributed by atoms with Gasteiger partial charge in [-0.05, 0) is 31.4 Å². The summed E-state index contributed by atoms with van der Waals surface area (Å²) >= 11 is 0. The van der Waals surface area contributed by atoms with Crippen molar-refractivity contribution < 1.29 is 19.4 Å². The molecule has 0 heterocycles. The number of anilines is 2. The summed E-state index contributed by atoms with van der Waals surface area (Å²) in [5.74, 6) is -1.74. The van der Waals surface area contributed by atoms with Crippen LogP contribution in [0.1, 0.15) is 29.6 Å². The van der Waals surface area contributed by atoms with Crippen LogP contribution in [0.3, 0.4) is 0 Å². The molecule has 0 atom stereocenters. The molecule has 5 nitrogen and oxygen atoms in total. The minimum absolute atomic E-state index is 0.0914. The lowest BCUT2D eigenvalue weighted by Gasteiger charge is -2.39. The molecule has 0 aromatic heterocycles. The van der Waals surface area contributed by atoms with Crippen LogP contribution in [0.15, 0.2) is 12.1 Å². The van der Waals surface area contributed by atoms with Gasteiger partial charge in [0.25, 0.3) is 0 Å². The van der Waals surface area contributed by atoms with Gasteiger partial charge in [0.05, 0.1) is 17.9 Å². The van der Waals surface area contributed by atoms with Gasteiger partial charge in [-0.25, -0.2) is 9.18 Å². The summed E-state index contributed by atoms with van der Waals surface area (Å²) < 4.78 is 14.0. The first-order valence-electron chi connectivity index (χ1n) is 6.24. The van der Waals surface area contributed by atoms with Gasteiger partial charge in [0.1, 0.15) is 5.82 Å². The molecule has 1 aromatic rings. The van der Waals surface area contributed by atoms with E-state index in [1.807, 2.05) is 0 Å². The van der Waals surface area contributed by atoms with Crippen molar-refractivity contribution in [2.75, 3.05) is 23.8 Å². The van der Waals surface area contributed by atoms with Gasteiger partial charge in [0.2, 0.25) is 0 Å². The van der Waals surface area contributed by atoms with Crippen LogP contribution >= 0.6 is 0 Å². The fraction of sp³-hybridized carbons (Fsp3) is 0.462. The van der Waals surface area contributed by atoms with Gasteiger partial charge in [-0.15, -0.1) is 0 Å². The molecular formula is C13H17FN2O3. The first-order valence-corrected chi connectivity index (χ1v) is 6.24. The lowest BCUT2D eigenvalue weighted by molar-refractivity contribution is 0.0698. The number of nitrogens with zero attached hydrogens (tertiary/aromatic N) is 1. The first-order chi connectivity index (χ1) is 9.04. The average Bonchev–Trinajstić information content (AvgIpc) is 2.25. The van der Waals surface area contributed by atoms with E-state index < -0.39 is 11.8 Å². The maximum absolute atomic E-state index is 14.0. The molecule has 1 fully saturated rings. The summed E-state index contributed by atoms with van der Waals surface area (Å²) in [5.41, 5.74) is 5.49. The van der Waals surface area contributed by atoms with Crippen LogP contribution in [0.4, 0.5) is 15.8 Å². The number of rotatable bonds is 5. The van der Waals surface area contributed by atoms with E-state index >= 15 is 0 Å². The molecule has 1 aromatic carbocycles. The summed E-state index contributed by atoms with van der Waals surface area (Å²) in [6.07, 6.45) is 2.91. The Morgan fingerprint density at radius 1 is 1.47 bits per heavy atom. The Kier molecular flexibility index (Phi) is 3.90. The molecular weight excluding hydrogens is 251 g/mol. The van der Waals surface area contributed by atoms with Gasteiger partial charge >= 0.3 is 5.97 Å². The van der Waals surface area contributed by atoms with Crippen molar-refractivity contribution in [3.05, 3.63) is 23.5 Å². The third-order valence-corrected chi connectivity index (χ3v) is 3.52. The Balaban J connectivity index is 2.40. The molecule has 0 radical (unpaired) electrons. The number of halogens is 1. The number of nitrogen functional groups attached to an aromatic ring is 1. The zero-order valence-corrected chi connectivity index (χ0v) is 10.5. The normalized spacial score (nSPS) is 15.1. The maximum atomic E-state index is 14.0. The molecule has 0 unspecified atom stereocenters. The summed E-state index contributed by atoms with van der Waals surface area (Å²) in [5, 5.41) is 18.1. The second kappa shape index (κ2) is 5.44. The van der Waals surface area contributed by atoms with E-state index in [1.54, 1.807) is 4.90 Å². The van der Waals surface area contributed by atoms with E-state index in [-0.39, 0.29) is 36.1 Å². The zero-order chi connectivity index (χ0) is 14.0. The number of hydrogen-bond donors (Lipinski definition) is 3. The number of carboxylic acids is 1. The Bertz CT molecular complexity index is 489.